The van der Waals surface area contributed by atoms with Gasteiger partial charge in [-0.25, -0.2) is 4.68 Å². The first kappa shape index (κ1) is 17.3. The molecular weight excluding hydrogens is 316 g/mol. The van der Waals surface area contributed by atoms with E-state index in [1.807, 2.05) is 17.0 Å². The van der Waals surface area contributed by atoms with Crippen molar-refractivity contribution in [1.82, 2.24) is 19.7 Å². The van der Waals surface area contributed by atoms with Crippen LogP contribution in [0.2, 0.25) is 0 Å². The van der Waals surface area contributed by atoms with Crippen molar-refractivity contribution in [2.45, 2.75) is 45.1 Å². The second-order valence-electron chi connectivity index (χ2n) is 6.41. The van der Waals surface area contributed by atoms with Crippen LogP contribution < -0.4 is 5.56 Å². The van der Waals surface area contributed by atoms with Gasteiger partial charge < -0.3 is 4.90 Å². The standard InChI is InChI=1S/C19H24N4O2/c24-18(22-13-3-1-2-4-14-22)6-5-15-23-19(25)8-7-17(21-23)16-9-11-20-12-10-16/h7-12H,1-6,13-15H2. The topological polar surface area (TPSA) is 68.1 Å². The average molecular weight is 340 g/mol. The minimum Gasteiger partial charge on any atom is -0.343 e. The van der Waals surface area contributed by atoms with Gasteiger partial charge in [0.15, 0.2) is 0 Å². The van der Waals surface area contributed by atoms with Crippen molar-refractivity contribution in [1.29, 1.82) is 0 Å². The monoisotopic (exact) mass is 340 g/mol. The summed E-state index contributed by atoms with van der Waals surface area (Å²) in [5.74, 6) is 0.195. The summed E-state index contributed by atoms with van der Waals surface area (Å²) in [4.78, 5) is 30.3. The highest BCUT2D eigenvalue weighted by molar-refractivity contribution is 5.76. The third-order valence-corrected chi connectivity index (χ3v) is 4.56. The summed E-state index contributed by atoms with van der Waals surface area (Å²) in [7, 11) is 0. The number of amides is 1. The molecule has 0 aromatic carbocycles. The fourth-order valence-electron chi connectivity index (χ4n) is 3.14. The van der Waals surface area contributed by atoms with Crippen LogP contribution in [0.25, 0.3) is 11.3 Å². The lowest BCUT2D eigenvalue weighted by Gasteiger charge is -2.20. The van der Waals surface area contributed by atoms with E-state index < -0.39 is 0 Å². The molecule has 1 aliphatic heterocycles. The quantitative estimate of drug-likeness (QED) is 0.838. The van der Waals surface area contributed by atoms with Crippen molar-refractivity contribution in [2.75, 3.05) is 13.1 Å². The molecule has 1 fully saturated rings. The molecule has 0 radical (unpaired) electrons. The van der Waals surface area contributed by atoms with Crippen LogP contribution in [0.5, 0.6) is 0 Å². The van der Waals surface area contributed by atoms with Crippen LogP contribution in [0.4, 0.5) is 0 Å². The number of carbonyl (C=O) groups is 1. The van der Waals surface area contributed by atoms with Crippen LogP contribution >= 0.6 is 0 Å². The number of carbonyl (C=O) groups excluding carboxylic acids is 1. The lowest BCUT2D eigenvalue weighted by atomic mass is 10.2. The van der Waals surface area contributed by atoms with E-state index in [4.69, 9.17) is 0 Å². The number of aryl methyl sites for hydroxylation is 1. The van der Waals surface area contributed by atoms with Gasteiger partial charge in [0.2, 0.25) is 5.91 Å². The van der Waals surface area contributed by atoms with Gasteiger partial charge in [-0.05, 0) is 37.5 Å². The lowest BCUT2D eigenvalue weighted by molar-refractivity contribution is -0.131. The fourth-order valence-corrected chi connectivity index (χ4v) is 3.14. The predicted octanol–water partition coefficient (Wildman–Crippen LogP) is 2.49. The van der Waals surface area contributed by atoms with Crippen LogP contribution in [0.15, 0.2) is 41.5 Å². The molecular formula is C19H24N4O2. The maximum atomic E-state index is 12.3. The van der Waals surface area contributed by atoms with Gasteiger partial charge in [-0.3, -0.25) is 14.6 Å². The van der Waals surface area contributed by atoms with E-state index in [0.717, 1.165) is 37.2 Å². The Morgan fingerprint density at radius 1 is 1.00 bits per heavy atom. The third kappa shape index (κ3) is 4.75. The van der Waals surface area contributed by atoms with Crippen LogP contribution in [0, 0.1) is 0 Å². The summed E-state index contributed by atoms with van der Waals surface area (Å²) in [5, 5.41) is 4.42. The molecule has 3 heterocycles. The molecule has 2 aromatic rings. The maximum Gasteiger partial charge on any atom is 0.266 e. The first-order valence-electron chi connectivity index (χ1n) is 9.00. The largest absolute Gasteiger partial charge is 0.343 e. The van der Waals surface area contributed by atoms with E-state index >= 15 is 0 Å². The molecule has 0 aliphatic carbocycles. The van der Waals surface area contributed by atoms with Crippen molar-refractivity contribution < 1.29 is 4.79 Å². The van der Waals surface area contributed by atoms with Crippen LogP contribution in [-0.2, 0) is 11.3 Å². The Balaban J connectivity index is 1.59. The van der Waals surface area contributed by atoms with Crippen molar-refractivity contribution in [2.24, 2.45) is 0 Å². The summed E-state index contributed by atoms with van der Waals surface area (Å²) < 4.78 is 1.45. The zero-order chi connectivity index (χ0) is 17.5. The molecule has 0 spiro atoms. The lowest BCUT2D eigenvalue weighted by Crippen LogP contribution is -2.32. The van der Waals surface area contributed by atoms with Gasteiger partial charge in [0.25, 0.3) is 5.56 Å². The number of likely N-dealkylation sites (tertiary alicyclic amines) is 1. The van der Waals surface area contributed by atoms with Crippen molar-refractivity contribution in [3.8, 4) is 11.3 Å². The zero-order valence-corrected chi connectivity index (χ0v) is 14.4. The Bertz CT molecular complexity index is 750. The molecule has 2 aromatic heterocycles. The van der Waals surface area contributed by atoms with E-state index in [1.165, 1.54) is 23.6 Å². The molecule has 3 rings (SSSR count). The molecule has 1 amide bonds. The van der Waals surface area contributed by atoms with E-state index in [9.17, 15) is 9.59 Å². The molecule has 0 atom stereocenters. The van der Waals surface area contributed by atoms with Crippen molar-refractivity contribution >= 4 is 5.91 Å². The molecule has 1 saturated heterocycles. The maximum absolute atomic E-state index is 12.3. The molecule has 1 aliphatic rings. The minimum atomic E-state index is -0.139. The van der Waals surface area contributed by atoms with Crippen LogP contribution in [0.1, 0.15) is 38.5 Å². The number of hydrogen-bond acceptors (Lipinski definition) is 4. The van der Waals surface area contributed by atoms with Crippen molar-refractivity contribution in [3.63, 3.8) is 0 Å². The Kier molecular flexibility index (Phi) is 5.93. The summed E-state index contributed by atoms with van der Waals surface area (Å²) in [6, 6.07) is 6.97. The highest BCUT2D eigenvalue weighted by atomic mass is 16.2. The molecule has 0 unspecified atom stereocenters. The second-order valence-corrected chi connectivity index (χ2v) is 6.41. The van der Waals surface area contributed by atoms with Crippen LogP contribution in [0.3, 0.4) is 0 Å². The SMILES string of the molecule is O=C(CCCn1nc(-c2ccncc2)ccc1=O)N1CCCCCC1. The Labute approximate surface area is 147 Å². The predicted molar refractivity (Wildman–Crippen MR) is 96.0 cm³/mol. The molecule has 25 heavy (non-hydrogen) atoms. The van der Waals surface area contributed by atoms with Gasteiger partial charge in [-0.15, -0.1) is 0 Å². The van der Waals surface area contributed by atoms with Gasteiger partial charge in [-0.1, -0.05) is 12.8 Å². The highest BCUT2D eigenvalue weighted by Crippen LogP contribution is 2.14. The smallest absolute Gasteiger partial charge is 0.266 e. The van der Waals surface area contributed by atoms with E-state index in [2.05, 4.69) is 10.1 Å². The number of aromatic nitrogens is 3. The fraction of sp³-hybridized carbons (Fsp3) is 0.474. The average Bonchev–Trinajstić information content (AvgIpc) is 2.93. The summed E-state index contributed by atoms with van der Waals surface area (Å²) >= 11 is 0. The number of pyridine rings is 1. The van der Waals surface area contributed by atoms with Gasteiger partial charge in [-0.2, -0.15) is 5.10 Å². The Morgan fingerprint density at radius 3 is 2.44 bits per heavy atom. The van der Waals surface area contributed by atoms with Gasteiger partial charge in [0.05, 0.1) is 5.69 Å². The van der Waals surface area contributed by atoms with Crippen LogP contribution in [-0.4, -0.2) is 38.7 Å². The van der Waals surface area contributed by atoms with Gasteiger partial charge >= 0.3 is 0 Å². The first-order chi connectivity index (χ1) is 12.2. The number of nitrogens with zero attached hydrogens (tertiary/aromatic N) is 4. The van der Waals surface area contributed by atoms with Gasteiger partial charge in [0.1, 0.15) is 0 Å². The minimum absolute atomic E-state index is 0.139. The molecule has 0 N–H and O–H groups in total. The Morgan fingerprint density at radius 2 is 1.72 bits per heavy atom. The third-order valence-electron chi connectivity index (χ3n) is 4.56. The highest BCUT2D eigenvalue weighted by Gasteiger charge is 2.15. The van der Waals surface area contributed by atoms with E-state index in [-0.39, 0.29) is 11.5 Å². The molecule has 6 nitrogen and oxygen atoms in total. The summed E-state index contributed by atoms with van der Waals surface area (Å²) in [5.41, 5.74) is 1.52. The number of rotatable bonds is 5. The molecule has 0 bridgehead atoms. The van der Waals surface area contributed by atoms with Crippen molar-refractivity contribution in [3.05, 3.63) is 47.0 Å². The Hall–Kier alpha value is -2.50. The van der Waals surface area contributed by atoms with E-state index in [0.29, 0.717) is 19.4 Å². The molecule has 6 heteroatoms. The first-order valence-corrected chi connectivity index (χ1v) is 9.00. The summed E-state index contributed by atoms with van der Waals surface area (Å²) in [6.07, 6.45) is 9.12. The van der Waals surface area contributed by atoms with Gasteiger partial charge in [0, 0.05) is 50.1 Å². The molecule has 132 valence electrons. The molecule has 0 saturated carbocycles. The summed E-state index contributed by atoms with van der Waals surface area (Å²) in [6.45, 7) is 2.19. The zero-order valence-electron chi connectivity index (χ0n) is 14.4. The second kappa shape index (κ2) is 8.55. The van der Waals surface area contributed by atoms with E-state index in [1.54, 1.807) is 18.5 Å². The number of hydrogen-bond donors (Lipinski definition) is 0. The normalized spacial score (nSPS) is 15.0.